The number of nitrogens with one attached hydrogen (secondary N) is 1. The van der Waals surface area contributed by atoms with Gasteiger partial charge in [0.1, 0.15) is 12.6 Å². The lowest BCUT2D eigenvalue weighted by atomic mass is 10.1. The van der Waals surface area contributed by atoms with Crippen molar-refractivity contribution in [2.24, 2.45) is 0 Å². The van der Waals surface area contributed by atoms with Crippen molar-refractivity contribution < 1.29 is 18.0 Å². The molecule has 1 N–H and O–H groups in total. The molecule has 1 unspecified atom stereocenters. The van der Waals surface area contributed by atoms with Crippen molar-refractivity contribution in [3.05, 3.63) is 64.7 Å². The standard InChI is InChI=1S/C23H30ClN3O4S/c1-5-13-25-23(29)18(3)26(15-19-11-9-17(2)10-12-19)22(28)16-27(32(4,30)31)21-8-6-7-20(24)14-21/h6-12,14,18H,5,13,15-16H2,1-4H3,(H,25,29). The average molecular weight is 480 g/mol. The number of nitrogens with zero attached hydrogens (tertiary/aromatic N) is 2. The van der Waals surface area contributed by atoms with Gasteiger partial charge in [0.05, 0.1) is 11.9 Å². The van der Waals surface area contributed by atoms with E-state index in [9.17, 15) is 18.0 Å². The molecule has 32 heavy (non-hydrogen) atoms. The fraction of sp³-hybridized carbons (Fsp3) is 0.391. The number of rotatable bonds is 10. The van der Waals surface area contributed by atoms with Gasteiger partial charge in [-0.1, -0.05) is 54.4 Å². The van der Waals surface area contributed by atoms with Gasteiger partial charge in [-0.05, 0) is 44.0 Å². The van der Waals surface area contributed by atoms with Crippen LogP contribution in [0.5, 0.6) is 0 Å². The van der Waals surface area contributed by atoms with E-state index >= 15 is 0 Å². The maximum Gasteiger partial charge on any atom is 0.244 e. The lowest BCUT2D eigenvalue weighted by Gasteiger charge is -2.31. The van der Waals surface area contributed by atoms with Gasteiger partial charge in [0.15, 0.2) is 0 Å². The van der Waals surface area contributed by atoms with E-state index in [0.29, 0.717) is 11.6 Å². The van der Waals surface area contributed by atoms with Crippen molar-refractivity contribution in [1.29, 1.82) is 0 Å². The van der Waals surface area contributed by atoms with Gasteiger partial charge < -0.3 is 10.2 Å². The van der Waals surface area contributed by atoms with Gasteiger partial charge in [0.2, 0.25) is 21.8 Å². The second kappa shape index (κ2) is 11.3. The van der Waals surface area contributed by atoms with Crippen LogP contribution in [0.1, 0.15) is 31.4 Å². The Kier molecular flexibility index (Phi) is 9.09. The normalized spacial score (nSPS) is 12.2. The van der Waals surface area contributed by atoms with Gasteiger partial charge in [-0.2, -0.15) is 0 Å². The molecule has 0 fully saturated rings. The molecule has 2 aromatic rings. The highest BCUT2D eigenvalue weighted by Crippen LogP contribution is 2.22. The smallest absolute Gasteiger partial charge is 0.244 e. The number of hydrogen-bond acceptors (Lipinski definition) is 4. The molecule has 0 saturated heterocycles. The molecule has 0 heterocycles. The van der Waals surface area contributed by atoms with Crippen LogP contribution in [0.2, 0.25) is 5.02 Å². The summed E-state index contributed by atoms with van der Waals surface area (Å²) in [7, 11) is -3.78. The van der Waals surface area contributed by atoms with Gasteiger partial charge in [-0.15, -0.1) is 0 Å². The third-order valence-corrected chi connectivity index (χ3v) is 6.34. The van der Waals surface area contributed by atoms with E-state index in [-0.39, 0.29) is 18.1 Å². The molecule has 0 aromatic heterocycles. The predicted molar refractivity (Wildman–Crippen MR) is 128 cm³/mol. The lowest BCUT2D eigenvalue weighted by Crippen LogP contribution is -2.51. The molecule has 2 amide bonds. The second-order valence-corrected chi connectivity index (χ2v) is 10.1. The minimum Gasteiger partial charge on any atom is -0.354 e. The number of anilines is 1. The highest BCUT2D eigenvalue weighted by atomic mass is 35.5. The van der Waals surface area contributed by atoms with Gasteiger partial charge in [0.25, 0.3) is 0 Å². The molecule has 1 atom stereocenters. The van der Waals surface area contributed by atoms with Crippen LogP contribution in [-0.4, -0.2) is 50.5 Å². The third-order valence-electron chi connectivity index (χ3n) is 4.97. The number of halogens is 1. The van der Waals surface area contributed by atoms with Gasteiger partial charge >= 0.3 is 0 Å². The summed E-state index contributed by atoms with van der Waals surface area (Å²) in [5.74, 6) is -0.781. The summed E-state index contributed by atoms with van der Waals surface area (Å²) >= 11 is 6.03. The van der Waals surface area contributed by atoms with Crippen molar-refractivity contribution in [3.63, 3.8) is 0 Å². The first-order valence-electron chi connectivity index (χ1n) is 10.4. The van der Waals surface area contributed by atoms with Crippen LogP contribution in [0.25, 0.3) is 0 Å². The molecule has 0 aliphatic rings. The zero-order valence-corrected chi connectivity index (χ0v) is 20.4. The summed E-state index contributed by atoms with van der Waals surface area (Å²) in [4.78, 5) is 27.4. The van der Waals surface area contributed by atoms with Crippen LogP contribution >= 0.6 is 11.6 Å². The van der Waals surface area contributed by atoms with Crippen molar-refractivity contribution >= 4 is 39.1 Å². The molecular weight excluding hydrogens is 450 g/mol. The molecule has 0 saturated carbocycles. The summed E-state index contributed by atoms with van der Waals surface area (Å²) in [5, 5.41) is 3.16. The van der Waals surface area contributed by atoms with E-state index in [4.69, 9.17) is 11.6 Å². The Balaban J connectivity index is 2.35. The van der Waals surface area contributed by atoms with Gasteiger partial charge in [-0.25, -0.2) is 8.42 Å². The minimum atomic E-state index is -3.78. The first-order chi connectivity index (χ1) is 15.0. The SMILES string of the molecule is CCCNC(=O)C(C)N(Cc1ccc(C)cc1)C(=O)CN(c1cccc(Cl)c1)S(C)(=O)=O. The molecule has 2 rings (SSSR count). The molecule has 0 spiro atoms. The number of sulfonamides is 1. The van der Waals surface area contributed by atoms with Crippen LogP contribution in [0.4, 0.5) is 5.69 Å². The molecule has 174 valence electrons. The summed E-state index contributed by atoms with van der Waals surface area (Å²) in [5.41, 5.74) is 2.20. The number of amides is 2. The van der Waals surface area contributed by atoms with Crippen LogP contribution < -0.4 is 9.62 Å². The van der Waals surface area contributed by atoms with Crippen molar-refractivity contribution in [3.8, 4) is 0 Å². The Hall–Kier alpha value is -2.58. The fourth-order valence-electron chi connectivity index (χ4n) is 3.11. The summed E-state index contributed by atoms with van der Waals surface area (Å²) in [6, 6.07) is 13.1. The summed E-state index contributed by atoms with van der Waals surface area (Å²) in [6.45, 7) is 5.76. The van der Waals surface area contributed by atoms with Crippen LogP contribution in [-0.2, 0) is 26.2 Å². The maximum absolute atomic E-state index is 13.4. The second-order valence-electron chi connectivity index (χ2n) is 7.72. The average Bonchev–Trinajstić information content (AvgIpc) is 2.73. The highest BCUT2D eigenvalue weighted by molar-refractivity contribution is 7.92. The topological polar surface area (TPSA) is 86.8 Å². The van der Waals surface area contributed by atoms with E-state index in [1.807, 2.05) is 38.1 Å². The van der Waals surface area contributed by atoms with Crippen molar-refractivity contribution in [1.82, 2.24) is 10.2 Å². The Morgan fingerprint density at radius 2 is 1.78 bits per heavy atom. The predicted octanol–water partition coefficient (Wildman–Crippen LogP) is 3.36. The maximum atomic E-state index is 13.4. The number of benzene rings is 2. The summed E-state index contributed by atoms with van der Waals surface area (Å²) < 4.78 is 25.9. The Morgan fingerprint density at radius 3 is 2.34 bits per heavy atom. The van der Waals surface area contributed by atoms with E-state index in [0.717, 1.165) is 28.1 Å². The first kappa shape index (κ1) is 25.7. The van der Waals surface area contributed by atoms with E-state index < -0.39 is 28.5 Å². The molecular formula is C23H30ClN3O4S. The molecule has 0 aliphatic heterocycles. The van der Waals surface area contributed by atoms with Crippen molar-refractivity contribution in [2.45, 2.75) is 39.8 Å². The number of aryl methyl sites for hydroxylation is 1. The lowest BCUT2D eigenvalue weighted by molar-refractivity contribution is -0.139. The molecule has 9 heteroatoms. The minimum absolute atomic E-state index is 0.174. The van der Waals surface area contributed by atoms with E-state index in [1.165, 1.54) is 11.0 Å². The zero-order valence-electron chi connectivity index (χ0n) is 18.8. The van der Waals surface area contributed by atoms with Gasteiger partial charge in [0, 0.05) is 18.1 Å². The molecule has 0 bridgehead atoms. The fourth-order valence-corrected chi connectivity index (χ4v) is 4.14. The third kappa shape index (κ3) is 7.24. The quantitative estimate of drug-likeness (QED) is 0.566. The Morgan fingerprint density at radius 1 is 1.12 bits per heavy atom. The number of carbonyl (C=O) groups excluding carboxylic acids is 2. The largest absolute Gasteiger partial charge is 0.354 e. The van der Waals surface area contributed by atoms with E-state index in [2.05, 4.69) is 5.32 Å². The molecule has 2 aromatic carbocycles. The van der Waals surface area contributed by atoms with Crippen LogP contribution in [0.15, 0.2) is 48.5 Å². The van der Waals surface area contributed by atoms with Gasteiger partial charge in [-0.3, -0.25) is 13.9 Å². The Bertz CT molecular complexity index is 1040. The number of hydrogen-bond donors (Lipinski definition) is 1. The first-order valence-corrected chi connectivity index (χ1v) is 12.6. The highest BCUT2D eigenvalue weighted by Gasteiger charge is 2.30. The van der Waals surface area contributed by atoms with Crippen LogP contribution in [0, 0.1) is 6.92 Å². The zero-order chi connectivity index (χ0) is 23.9. The van der Waals surface area contributed by atoms with E-state index in [1.54, 1.807) is 25.1 Å². The molecule has 0 aliphatic carbocycles. The van der Waals surface area contributed by atoms with Crippen LogP contribution in [0.3, 0.4) is 0 Å². The Labute approximate surface area is 195 Å². The molecule has 7 nitrogen and oxygen atoms in total. The monoisotopic (exact) mass is 479 g/mol. The number of carbonyl (C=O) groups is 2. The van der Waals surface area contributed by atoms with Crippen molar-refractivity contribution in [2.75, 3.05) is 23.7 Å². The summed E-state index contributed by atoms with van der Waals surface area (Å²) in [6.07, 6.45) is 1.80. The molecule has 0 radical (unpaired) electrons.